The van der Waals surface area contributed by atoms with Crippen molar-refractivity contribution in [3.63, 3.8) is 0 Å². The summed E-state index contributed by atoms with van der Waals surface area (Å²) in [7, 11) is 2.96. The fourth-order valence-corrected chi connectivity index (χ4v) is 7.34. The quantitative estimate of drug-likeness (QED) is 0.183. The molecule has 4 amide bonds. The Morgan fingerprint density at radius 3 is 2.47 bits per heavy atom. The van der Waals surface area contributed by atoms with Crippen molar-refractivity contribution < 1.29 is 48.0 Å². The van der Waals surface area contributed by atoms with E-state index in [0.29, 0.717) is 45.3 Å². The number of carbonyl (C=O) groups is 5. The third kappa shape index (κ3) is 8.63. The minimum atomic E-state index is -1.16. The standard InChI is InChI=1S/C33H52N4O10/c1-19(2)10-11-24-32(5,47-24)28-27(44-7)23(12-13-33(28)18-45-33)46-31(43)34-16-25(38)37-14-8-9-22(37)29(41)35-21(15-20(3)4)30(42)36(6)17-26(39)40/h10,20-24,27-28H,8-9,11-18H2,1-7H3,(H,34,43)(H,35,41)(H,39,40). The molecule has 8 atom stereocenters. The molecule has 3 aliphatic heterocycles. The van der Waals surface area contributed by atoms with Gasteiger partial charge < -0.3 is 44.5 Å². The second kappa shape index (κ2) is 14.9. The molecular formula is C33H52N4O10. The Morgan fingerprint density at radius 2 is 1.87 bits per heavy atom. The summed E-state index contributed by atoms with van der Waals surface area (Å²) in [6.45, 7) is 10.0. The van der Waals surface area contributed by atoms with Crippen molar-refractivity contribution in [1.29, 1.82) is 0 Å². The summed E-state index contributed by atoms with van der Waals surface area (Å²) in [5.74, 6) is -2.72. The molecule has 3 N–H and O–H groups in total. The molecule has 4 rings (SSSR count). The highest BCUT2D eigenvalue weighted by Gasteiger charge is 2.72. The summed E-state index contributed by atoms with van der Waals surface area (Å²) < 4.78 is 23.9. The van der Waals surface area contributed by atoms with Crippen LogP contribution in [0.3, 0.4) is 0 Å². The molecule has 0 aromatic heterocycles. The minimum Gasteiger partial charge on any atom is -0.480 e. The van der Waals surface area contributed by atoms with Crippen LogP contribution in [0.15, 0.2) is 11.6 Å². The van der Waals surface area contributed by atoms with E-state index in [1.54, 1.807) is 7.11 Å². The highest BCUT2D eigenvalue weighted by atomic mass is 16.6. The molecular weight excluding hydrogens is 612 g/mol. The first-order chi connectivity index (χ1) is 22.1. The van der Waals surface area contributed by atoms with Gasteiger partial charge in [-0.2, -0.15) is 0 Å². The zero-order valence-corrected chi connectivity index (χ0v) is 28.7. The summed E-state index contributed by atoms with van der Waals surface area (Å²) in [5.41, 5.74) is 0.372. The van der Waals surface area contributed by atoms with E-state index >= 15 is 0 Å². The van der Waals surface area contributed by atoms with Gasteiger partial charge >= 0.3 is 12.1 Å². The molecule has 4 aliphatic rings. The highest BCUT2D eigenvalue weighted by Crippen LogP contribution is 2.59. The zero-order chi connectivity index (χ0) is 34.7. The Balaban J connectivity index is 1.32. The Labute approximate surface area is 276 Å². The van der Waals surface area contributed by atoms with E-state index in [0.717, 1.165) is 11.3 Å². The van der Waals surface area contributed by atoms with Gasteiger partial charge in [0, 0.05) is 20.7 Å². The van der Waals surface area contributed by atoms with Crippen molar-refractivity contribution in [3.05, 3.63) is 11.6 Å². The van der Waals surface area contributed by atoms with E-state index in [9.17, 15) is 24.0 Å². The summed E-state index contributed by atoms with van der Waals surface area (Å²) in [4.78, 5) is 66.0. The number of alkyl carbamates (subject to hydrolysis) is 1. The first-order valence-electron chi connectivity index (χ1n) is 16.6. The van der Waals surface area contributed by atoms with Crippen LogP contribution in [0.25, 0.3) is 0 Å². The fourth-order valence-electron chi connectivity index (χ4n) is 7.34. The van der Waals surface area contributed by atoms with Crippen LogP contribution in [-0.2, 0) is 38.1 Å². The first kappa shape index (κ1) is 36.6. The number of carboxylic acid groups (broad SMARTS) is 1. The van der Waals surface area contributed by atoms with E-state index < -0.39 is 66.2 Å². The average molecular weight is 665 g/mol. The average Bonchev–Trinajstić information content (AvgIpc) is 3.84. The van der Waals surface area contributed by atoms with Gasteiger partial charge in [0.1, 0.15) is 48.6 Å². The predicted octanol–water partition coefficient (Wildman–Crippen LogP) is 1.85. The number of likely N-dealkylation sites (N-methyl/N-ethyl adjacent to an activating group) is 1. The SMILES string of the molecule is COC1C(OC(=O)NCC(=O)N2CCCC2C(=O)NC(CC(C)C)C(=O)N(C)CC(=O)O)CCC2(CO2)C1C1(C)OC1CC=C(C)C. The molecule has 1 spiro atoms. The number of allylic oxidation sites excluding steroid dienone is 1. The number of rotatable bonds is 14. The first-order valence-corrected chi connectivity index (χ1v) is 16.6. The molecule has 47 heavy (non-hydrogen) atoms. The van der Waals surface area contributed by atoms with Crippen molar-refractivity contribution >= 4 is 29.8 Å². The number of nitrogens with zero attached hydrogens (tertiary/aromatic N) is 2. The van der Waals surface area contributed by atoms with Gasteiger partial charge in [-0.3, -0.25) is 19.2 Å². The van der Waals surface area contributed by atoms with E-state index in [4.69, 9.17) is 24.1 Å². The Bertz CT molecular complexity index is 1230. The molecule has 1 aliphatic carbocycles. The van der Waals surface area contributed by atoms with Crippen LogP contribution in [0.4, 0.5) is 4.79 Å². The van der Waals surface area contributed by atoms with Crippen molar-refractivity contribution in [2.45, 2.75) is 115 Å². The van der Waals surface area contributed by atoms with Gasteiger partial charge in [0.15, 0.2) is 0 Å². The van der Waals surface area contributed by atoms with Gasteiger partial charge in [-0.05, 0) is 65.2 Å². The number of carboxylic acids is 1. The van der Waals surface area contributed by atoms with Gasteiger partial charge in [-0.15, -0.1) is 0 Å². The Hall–Kier alpha value is -3.23. The van der Waals surface area contributed by atoms with Gasteiger partial charge in [-0.25, -0.2) is 4.79 Å². The third-order valence-corrected chi connectivity index (χ3v) is 9.83. The predicted molar refractivity (Wildman–Crippen MR) is 169 cm³/mol. The summed E-state index contributed by atoms with van der Waals surface area (Å²) in [6, 6.07) is -1.76. The van der Waals surface area contributed by atoms with Crippen LogP contribution in [0, 0.1) is 11.8 Å². The van der Waals surface area contributed by atoms with Gasteiger partial charge in [0.25, 0.3) is 0 Å². The van der Waals surface area contributed by atoms with Crippen molar-refractivity contribution in [3.8, 4) is 0 Å². The lowest BCUT2D eigenvalue weighted by atomic mass is 9.68. The van der Waals surface area contributed by atoms with Crippen LogP contribution >= 0.6 is 0 Å². The van der Waals surface area contributed by atoms with Crippen LogP contribution < -0.4 is 10.6 Å². The molecule has 0 aromatic carbocycles. The molecule has 0 aromatic rings. The molecule has 14 heteroatoms. The van der Waals surface area contributed by atoms with Crippen LogP contribution in [-0.4, -0.2) is 127 Å². The number of ether oxygens (including phenoxy) is 4. The molecule has 0 bridgehead atoms. The molecule has 14 nitrogen and oxygen atoms in total. The number of carbonyl (C=O) groups excluding carboxylic acids is 4. The topological polar surface area (TPSA) is 180 Å². The lowest BCUT2D eigenvalue weighted by Gasteiger charge is -2.42. The molecule has 4 fully saturated rings. The number of aliphatic carboxylic acids is 1. The number of epoxide rings is 2. The fraction of sp³-hybridized carbons (Fsp3) is 0.788. The van der Waals surface area contributed by atoms with Crippen molar-refractivity contribution in [2.75, 3.05) is 40.4 Å². The number of nitrogens with one attached hydrogen (secondary N) is 2. The number of hydrogen-bond acceptors (Lipinski definition) is 9. The third-order valence-electron chi connectivity index (χ3n) is 9.83. The van der Waals surface area contributed by atoms with E-state index in [1.807, 2.05) is 27.7 Å². The number of likely N-dealkylation sites (tertiary alicyclic amines) is 1. The van der Waals surface area contributed by atoms with E-state index in [1.165, 1.54) is 17.5 Å². The summed E-state index contributed by atoms with van der Waals surface area (Å²) in [5, 5.41) is 14.4. The van der Waals surface area contributed by atoms with Crippen molar-refractivity contribution in [2.24, 2.45) is 11.8 Å². The molecule has 264 valence electrons. The largest absolute Gasteiger partial charge is 0.480 e. The van der Waals surface area contributed by atoms with Gasteiger partial charge in [0.05, 0.1) is 18.6 Å². The monoisotopic (exact) mass is 664 g/mol. The Morgan fingerprint density at radius 1 is 1.17 bits per heavy atom. The molecule has 0 radical (unpaired) electrons. The zero-order valence-electron chi connectivity index (χ0n) is 28.7. The van der Waals surface area contributed by atoms with Crippen LogP contribution in [0.1, 0.15) is 73.1 Å². The van der Waals surface area contributed by atoms with E-state index in [2.05, 4.69) is 23.6 Å². The Kier molecular flexibility index (Phi) is 11.6. The number of amides is 4. The minimum absolute atomic E-state index is 0.0151. The number of hydrogen-bond donors (Lipinski definition) is 3. The van der Waals surface area contributed by atoms with Crippen molar-refractivity contribution in [1.82, 2.24) is 20.4 Å². The summed E-state index contributed by atoms with van der Waals surface area (Å²) >= 11 is 0. The molecule has 8 unspecified atom stereocenters. The number of methoxy groups -OCH3 is 1. The van der Waals surface area contributed by atoms with Gasteiger partial charge in [0.2, 0.25) is 17.7 Å². The smallest absolute Gasteiger partial charge is 0.407 e. The highest BCUT2D eigenvalue weighted by molar-refractivity contribution is 5.93. The molecule has 3 heterocycles. The second-order valence-electron chi connectivity index (χ2n) is 14.2. The maximum Gasteiger partial charge on any atom is 0.407 e. The molecule has 3 saturated heterocycles. The second-order valence-corrected chi connectivity index (χ2v) is 14.2. The maximum atomic E-state index is 13.3. The van der Waals surface area contributed by atoms with Gasteiger partial charge in [-0.1, -0.05) is 25.5 Å². The van der Waals surface area contributed by atoms with Crippen LogP contribution in [0.2, 0.25) is 0 Å². The maximum absolute atomic E-state index is 13.3. The molecule has 1 saturated carbocycles. The lowest BCUT2D eigenvalue weighted by Crippen LogP contribution is -2.56. The normalized spacial score (nSPS) is 31.6. The summed E-state index contributed by atoms with van der Waals surface area (Å²) in [6.07, 6.45) is 3.67. The van der Waals surface area contributed by atoms with Crippen LogP contribution in [0.5, 0.6) is 0 Å². The van der Waals surface area contributed by atoms with E-state index in [-0.39, 0.29) is 30.1 Å². The lowest BCUT2D eigenvalue weighted by molar-refractivity contribution is -0.145.